The summed E-state index contributed by atoms with van der Waals surface area (Å²) in [6, 6.07) is 10.2. The number of benzene rings is 1. The average molecular weight is 386 g/mol. The molecule has 3 aromatic rings. The second kappa shape index (κ2) is 7.74. The quantitative estimate of drug-likeness (QED) is 0.686. The van der Waals surface area contributed by atoms with Crippen LogP contribution in [-0.2, 0) is 0 Å². The Morgan fingerprint density at radius 1 is 1.33 bits per heavy atom. The second-order valence-electron chi connectivity index (χ2n) is 7.06. The van der Waals surface area contributed by atoms with Gasteiger partial charge in [-0.2, -0.15) is 0 Å². The maximum Gasteiger partial charge on any atom is 0.287 e. The van der Waals surface area contributed by atoms with Crippen LogP contribution in [0.1, 0.15) is 39.9 Å². The third-order valence-electron chi connectivity index (χ3n) is 5.44. The van der Waals surface area contributed by atoms with Gasteiger partial charge in [-0.15, -0.1) is 11.3 Å². The number of aryl methyl sites for hydroxylation is 1. The zero-order chi connectivity index (χ0) is 18.8. The number of rotatable bonds is 6. The van der Waals surface area contributed by atoms with Crippen LogP contribution in [0.25, 0.3) is 11.0 Å². The third-order valence-corrected chi connectivity index (χ3v) is 6.43. The van der Waals surface area contributed by atoms with Crippen LogP contribution in [0.5, 0.6) is 5.75 Å². The monoisotopic (exact) mass is 385 g/mol. The number of hydrogen-bond acceptors (Lipinski definition) is 4. The maximum absolute atomic E-state index is 12.8. The fraction of sp³-hybridized carbons (Fsp3) is 0.381. The van der Waals surface area contributed by atoms with Crippen molar-refractivity contribution in [2.75, 3.05) is 26.7 Å². The molecule has 0 saturated carbocycles. The van der Waals surface area contributed by atoms with Crippen LogP contribution in [0.4, 0.5) is 0 Å². The fourth-order valence-electron chi connectivity index (χ4n) is 3.93. The molecule has 27 heavy (non-hydrogen) atoms. The highest BCUT2D eigenvalue weighted by Crippen LogP contribution is 2.28. The number of amides is 1. The van der Waals surface area contributed by atoms with Crippen molar-refractivity contribution in [1.82, 2.24) is 5.32 Å². The largest absolute Gasteiger partial charge is 0.497 e. The predicted octanol–water partition coefficient (Wildman–Crippen LogP) is 2.96. The van der Waals surface area contributed by atoms with E-state index in [9.17, 15) is 4.79 Å². The van der Waals surface area contributed by atoms with E-state index < -0.39 is 0 Å². The number of fused-ring (bicyclic) bond motifs is 1. The van der Waals surface area contributed by atoms with E-state index in [4.69, 9.17) is 9.15 Å². The highest BCUT2D eigenvalue weighted by atomic mass is 32.1. The lowest BCUT2D eigenvalue weighted by Gasteiger charge is -2.23. The number of thiophene rings is 1. The molecule has 1 amide bonds. The Balaban J connectivity index is 1.52. The Morgan fingerprint density at radius 3 is 2.85 bits per heavy atom. The molecule has 2 N–H and O–H groups in total. The van der Waals surface area contributed by atoms with Crippen molar-refractivity contribution in [3.05, 3.63) is 51.9 Å². The molecule has 6 heteroatoms. The Bertz CT molecular complexity index is 926. The van der Waals surface area contributed by atoms with Crippen molar-refractivity contribution in [3.63, 3.8) is 0 Å². The number of methoxy groups -OCH3 is 1. The van der Waals surface area contributed by atoms with Gasteiger partial charge in [0.05, 0.1) is 31.6 Å². The molecule has 0 spiro atoms. The SMILES string of the molecule is COc1ccc2oc(C(=O)NC[C@@H](c3cccs3)[NH+]3CCCC3)c(C)c2c1. The van der Waals surface area contributed by atoms with Crippen molar-refractivity contribution in [3.8, 4) is 5.75 Å². The lowest BCUT2D eigenvalue weighted by Crippen LogP contribution is -3.11. The average Bonchev–Trinajstić information content (AvgIpc) is 3.44. The molecule has 0 radical (unpaired) electrons. The van der Waals surface area contributed by atoms with E-state index in [0.717, 1.165) is 16.7 Å². The first kappa shape index (κ1) is 18.1. The van der Waals surface area contributed by atoms with Crippen molar-refractivity contribution in [2.24, 2.45) is 0 Å². The normalized spacial score (nSPS) is 15.9. The van der Waals surface area contributed by atoms with Crippen molar-refractivity contribution in [2.45, 2.75) is 25.8 Å². The molecule has 3 heterocycles. The molecule has 1 aliphatic rings. The molecule has 5 nitrogen and oxygen atoms in total. The second-order valence-corrected chi connectivity index (χ2v) is 8.04. The zero-order valence-corrected chi connectivity index (χ0v) is 16.5. The van der Waals surface area contributed by atoms with Gasteiger partial charge in [-0.05, 0) is 36.6 Å². The molecular formula is C21H25N2O3S+. The minimum atomic E-state index is -0.150. The Hall–Kier alpha value is -2.31. The summed E-state index contributed by atoms with van der Waals surface area (Å²) >= 11 is 1.77. The summed E-state index contributed by atoms with van der Waals surface area (Å²) < 4.78 is 11.1. The summed E-state index contributed by atoms with van der Waals surface area (Å²) in [6.07, 6.45) is 2.52. The summed E-state index contributed by atoms with van der Waals surface area (Å²) in [6.45, 7) is 4.88. The molecular weight excluding hydrogens is 360 g/mol. The Kier molecular flexibility index (Phi) is 5.18. The minimum Gasteiger partial charge on any atom is -0.497 e. The highest BCUT2D eigenvalue weighted by Gasteiger charge is 2.29. The molecule has 1 saturated heterocycles. The number of carbonyl (C=O) groups excluding carboxylic acids is 1. The first-order valence-corrected chi connectivity index (χ1v) is 10.3. The van der Waals surface area contributed by atoms with Crippen LogP contribution in [0, 0.1) is 6.92 Å². The zero-order valence-electron chi connectivity index (χ0n) is 15.7. The van der Waals surface area contributed by atoms with Gasteiger partial charge in [0.2, 0.25) is 0 Å². The number of likely N-dealkylation sites (tertiary alicyclic amines) is 1. The molecule has 0 bridgehead atoms. The summed E-state index contributed by atoms with van der Waals surface area (Å²) in [5.74, 6) is 0.996. The Labute approximate surface area is 162 Å². The minimum absolute atomic E-state index is 0.150. The summed E-state index contributed by atoms with van der Waals surface area (Å²) in [7, 11) is 1.63. The number of ether oxygens (including phenoxy) is 1. The van der Waals surface area contributed by atoms with Crippen LogP contribution in [0.2, 0.25) is 0 Å². The van der Waals surface area contributed by atoms with Crippen LogP contribution in [0.15, 0.2) is 40.1 Å². The number of carbonyl (C=O) groups is 1. The smallest absolute Gasteiger partial charge is 0.287 e. The van der Waals surface area contributed by atoms with E-state index in [-0.39, 0.29) is 5.91 Å². The summed E-state index contributed by atoms with van der Waals surface area (Å²) in [4.78, 5) is 15.7. The van der Waals surface area contributed by atoms with Crippen LogP contribution in [-0.4, -0.2) is 32.7 Å². The van der Waals surface area contributed by atoms with Crippen LogP contribution >= 0.6 is 11.3 Å². The molecule has 0 unspecified atom stereocenters. The summed E-state index contributed by atoms with van der Waals surface area (Å²) in [5.41, 5.74) is 1.56. The van der Waals surface area contributed by atoms with Crippen molar-refractivity contribution in [1.29, 1.82) is 0 Å². The van der Waals surface area contributed by atoms with Gasteiger partial charge in [-0.25, -0.2) is 0 Å². The van der Waals surface area contributed by atoms with E-state index in [2.05, 4.69) is 22.8 Å². The Morgan fingerprint density at radius 2 is 2.15 bits per heavy atom. The van der Waals surface area contributed by atoms with Gasteiger partial charge in [0.25, 0.3) is 5.91 Å². The van der Waals surface area contributed by atoms with E-state index in [0.29, 0.717) is 23.9 Å². The predicted molar refractivity (Wildman–Crippen MR) is 107 cm³/mol. The first-order valence-electron chi connectivity index (χ1n) is 9.40. The molecule has 1 aliphatic heterocycles. The molecule has 1 atom stereocenters. The van der Waals surface area contributed by atoms with E-state index >= 15 is 0 Å². The van der Waals surface area contributed by atoms with E-state index in [1.807, 2.05) is 25.1 Å². The topological polar surface area (TPSA) is 55.9 Å². The number of hydrogen-bond donors (Lipinski definition) is 2. The van der Waals surface area contributed by atoms with Gasteiger partial charge in [0, 0.05) is 23.8 Å². The van der Waals surface area contributed by atoms with E-state index in [1.54, 1.807) is 23.3 Å². The van der Waals surface area contributed by atoms with Gasteiger partial charge in [-0.3, -0.25) is 4.79 Å². The fourth-order valence-corrected chi connectivity index (χ4v) is 4.82. The van der Waals surface area contributed by atoms with Crippen molar-refractivity contribution >= 4 is 28.2 Å². The molecule has 1 fully saturated rings. The highest BCUT2D eigenvalue weighted by molar-refractivity contribution is 7.10. The van der Waals surface area contributed by atoms with E-state index in [1.165, 1.54) is 30.8 Å². The van der Waals surface area contributed by atoms with Gasteiger partial charge in [0.1, 0.15) is 17.4 Å². The standard InChI is InChI=1S/C21H24N2O3S/c1-14-16-12-15(25-2)7-8-18(16)26-20(14)21(24)22-13-17(19-6-5-11-27-19)23-9-3-4-10-23/h5-8,11-12,17H,3-4,9-10,13H2,1-2H3,(H,22,24)/p+1/t17-/m0/s1. The number of quaternary nitrogens is 1. The first-order chi connectivity index (χ1) is 13.2. The van der Waals surface area contributed by atoms with Crippen LogP contribution in [0.3, 0.4) is 0 Å². The van der Waals surface area contributed by atoms with Crippen LogP contribution < -0.4 is 15.0 Å². The number of nitrogens with one attached hydrogen (secondary N) is 2. The van der Waals surface area contributed by atoms with Gasteiger partial charge in [-0.1, -0.05) is 6.07 Å². The van der Waals surface area contributed by atoms with Crippen molar-refractivity contribution < 1.29 is 18.8 Å². The van der Waals surface area contributed by atoms with Gasteiger partial charge < -0.3 is 19.4 Å². The molecule has 4 rings (SSSR count). The van der Waals surface area contributed by atoms with Gasteiger partial charge >= 0.3 is 0 Å². The lowest BCUT2D eigenvalue weighted by atomic mass is 10.1. The van der Waals surface area contributed by atoms with Gasteiger partial charge in [0.15, 0.2) is 5.76 Å². The number of furan rings is 1. The third kappa shape index (κ3) is 3.59. The molecule has 0 aliphatic carbocycles. The molecule has 2 aromatic heterocycles. The maximum atomic E-state index is 12.8. The molecule has 1 aromatic carbocycles. The summed E-state index contributed by atoms with van der Waals surface area (Å²) in [5, 5.41) is 6.14. The molecule has 142 valence electrons. The lowest BCUT2D eigenvalue weighted by molar-refractivity contribution is -0.918.